The number of ketones is 1. The molecule has 0 bridgehead atoms. The van der Waals surface area contributed by atoms with Gasteiger partial charge in [0.25, 0.3) is 0 Å². The van der Waals surface area contributed by atoms with Crippen LogP contribution in [0.25, 0.3) is 0 Å². The van der Waals surface area contributed by atoms with Crippen LogP contribution in [0.3, 0.4) is 0 Å². The van der Waals surface area contributed by atoms with Gasteiger partial charge in [0.2, 0.25) is 5.91 Å². The van der Waals surface area contributed by atoms with E-state index in [4.69, 9.17) is 11.6 Å². The number of alkyl halides is 2. The molecule has 1 N–H and O–H groups in total. The predicted molar refractivity (Wildman–Crippen MR) is 102 cm³/mol. The van der Waals surface area contributed by atoms with E-state index in [9.17, 15) is 27.2 Å². The first-order valence-corrected chi connectivity index (χ1v) is 9.57. The summed E-state index contributed by atoms with van der Waals surface area (Å²) in [4.78, 5) is 24.4. The fourth-order valence-electron chi connectivity index (χ4n) is 3.66. The summed E-state index contributed by atoms with van der Waals surface area (Å²) >= 11 is 5.83. The summed E-state index contributed by atoms with van der Waals surface area (Å²) in [5, 5.41) is 3.14. The average molecular weight is 444 g/mol. The van der Waals surface area contributed by atoms with Crippen molar-refractivity contribution in [2.45, 2.75) is 31.8 Å². The molecule has 4 nitrogen and oxygen atoms in total. The lowest BCUT2D eigenvalue weighted by Gasteiger charge is -2.32. The van der Waals surface area contributed by atoms with Crippen LogP contribution in [0, 0.1) is 17.6 Å². The Hall–Kier alpha value is -2.61. The van der Waals surface area contributed by atoms with Gasteiger partial charge in [-0.25, -0.2) is 8.78 Å². The van der Waals surface area contributed by atoms with Crippen molar-refractivity contribution in [3.05, 3.63) is 64.2 Å². The Morgan fingerprint density at radius 2 is 1.80 bits per heavy atom. The highest BCUT2D eigenvalue weighted by molar-refractivity contribution is 6.30. The van der Waals surface area contributed by atoms with Crippen LogP contribution in [0.15, 0.2) is 36.4 Å². The maximum absolute atomic E-state index is 14.6. The second-order valence-electron chi connectivity index (χ2n) is 7.10. The summed E-state index contributed by atoms with van der Waals surface area (Å²) in [5.41, 5.74) is 0.336. The van der Waals surface area contributed by atoms with Gasteiger partial charge >= 0.3 is 6.61 Å². The molecule has 9 heteroatoms. The molecule has 1 amide bonds. The molecule has 1 unspecified atom stereocenters. The number of piperidine rings is 1. The summed E-state index contributed by atoms with van der Waals surface area (Å²) in [6.45, 7) is -3.15. The highest BCUT2D eigenvalue weighted by atomic mass is 35.5. The van der Waals surface area contributed by atoms with Crippen molar-refractivity contribution in [2.24, 2.45) is 5.92 Å². The molecule has 0 aromatic heterocycles. The van der Waals surface area contributed by atoms with Crippen molar-refractivity contribution in [2.75, 3.05) is 6.54 Å². The lowest BCUT2D eigenvalue weighted by Crippen LogP contribution is -2.41. The molecule has 2 aromatic carbocycles. The smallest absolute Gasteiger partial charge is 0.387 e. The van der Waals surface area contributed by atoms with E-state index in [0.717, 1.165) is 5.56 Å². The molecule has 1 aliphatic rings. The minimum atomic E-state index is -3.23. The molecule has 3 rings (SSSR count). The summed E-state index contributed by atoms with van der Waals surface area (Å²) in [7, 11) is 0. The van der Waals surface area contributed by atoms with Gasteiger partial charge in [-0.3, -0.25) is 9.59 Å². The van der Waals surface area contributed by atoms with Crippen molar-refractivity contribution in [1.29, 1.82) is 0 Å². The normalized spacial score (nSPS) is 18.9. The predicted octanol–water partition coefficient (Wildman–Crippen LogP) is 4.64. The minimum Gasteiger partial charge on any atom is -0.435 e. The first-order chi connectivity index (χ1) is 14.2. The van der Waals surface area contributed by atoms with Gasteiger partial charge in [-0.05, 0) is 23.6 Å². The lowest BCUT2D eigenvalue weighted by atomic mass is 9.77. The number of hydrogen-bond donors (Lipinski definition) is 1. The average Bonchev–Trinajstić information content (AvgIpc) is 2.64. The van der Waals surface area contributed by atoms with Crippen LogP contribution in [0.1, 0.15) is 29.9 Å². The van der Waals surface area contributed by atoms with Crippen molar-refractivity contribution >= 4 is 23.3 Å². The minimum absolute atomic E-state index is 0.0122. The summed E-state index contributed by atoms with van der Waals surface area (Å²) in [6, 6.07) is 8.04. The van der Waals surface area contributed by atoms with E-state index in [-0.39, 0.29) is 31.6 Å². The van der Waals surface area contributed by atoms with E-state index in [1.54, 1.807) is 24.3 Å². The maximum atomic E-state index is 14.6. The number of carbonyl (C=O) groups is 2. The van der Waals surface area contributed by atoms with Gasteiger partial charge in [0, 0.05) is 54.4 Å². The van der Waals surface area contributed by atoms with Crippen LogP contribution < -0.4 is 10.1 Å². The molecule has 0 radical (unpaired) electrons. The molecule has 0 spiro atoms. The largest absolute Gasteiger partial charge is 0.435 e. The van der Waals surface area contributed by atoms with Gasteiger partial charge in [0.1, 0.15) is 23.2 Å². The van der Waals surface area contributed by atoms with Crippen LogP contribution in [0.5, 0.6) is 5.75 Å². The maximum Gasteiger partial charge on any atom is 0.387 e. The number of ether oxygens (including phenoxy) is 1. The topological polar surface area (TPSA) is 55.4 Å². The monoisotopic (exact) mass is 443 g/mol. The zero-order valence-electron chi connectivity index (χ0n) is 15.6. The number of halogens is 5. The first kappa shape index (κ1) is 22.1. The fourth-order valence-corrected chi connectivity index (χ4v) is 3.78. The Morgan fingerprint density at radius 1 is 1.17 bits per heavy atom. The van der Waals surface area contributed by atoms with Gasteiger partial charge in [-0.2, -0.15) is 8.78 Å². The zero-order valence-corrected chi connectivity index (χ0v) is 16.4. The molecule has 0 aliphatic carbocycles. The molecule has 1 heterocycles. The molecule has 30 heavy (non-hydrogen) atoms. The van der Waals surface area contributed by atoms with Crippen molar-refractivity contribution in [3.63, 3.8) is 0 Å². The highest BCUT2D eigenvalue weighted by Gasteiger charge is 2.35. The third-order valence-corrected chi connectivity index (χ3v) is 5.24. The van der Waals surface area contributed by atoms with Gasteiger partial charge in [0.15, 0.2) is 0 Å². The Labute approximate surface area is 175 Å². The van der Waals surface area contributed by atoms with E-state index < -0.39 is 47.3 Å². The van der Waals surface area contributed by atoms with Crippen LogP contribution in [0.2, 0.25) is 5.02 Å². The first-order valence-electron chi connectivity index (χ1n) is 9.19. The van der Waals surface area contributed by atoms with Gasteiger partial charge < -0.3 is 10.1 Å². The van der Waals surface area contributed by atoms with E-state index >= 15 is 0 Å². The lowest BCUT2D eigenvalue weighted by molar-refractivity contribution is -0.125. The van der Waals surface area contributed by atoms with Crippen molar-refractivity contribution in [1.82, 2.24) is 5.32 Å². The second-order valence-corrected chi connectivity index (χ2v) is 7.54. The van der Waals surface area contributed by atoms with Gasteiger partial charge in [-0.15, -0.1) is 0 Å². The van der Waals surface area contributed by atoms with E-state index in [1.807, 2.05) is 0 Å². The van der Waals surface area contributed by atoms with Crippen molar-refractivity contribution in [3.8, 4) is 5.75 Å². The van der Waals surface area contributed by atoms with E-state index in [2.05, 4.69) is 10.1 Å². The summed E-state index contributed by atoms with van der Waals surface area (Å²) < 4.78 is 57.9. The quantitative estimate of drug-likeness (QED) is 0.634. The zero-order chi connectivity index (χ0) is 21.8. The standard InChI is InChI=1S/C21H18ClF4NO3/c22-13-3-1-11(2-4-13)5-14(28)6-12-10-27-19(29)9-16(12)20-17(23)7-15(8-18(20)24)30-21(25)26/h1-4,7-8,12,16,21H,5-6,9-10H2,(H,27,29)/t12-,16?/m1/s1. The summed E-state index contributed by atoms with van der Waals surface area (Å²) in [5.74, 6) is -4.88. The van der Waals surface area contributed by atoms with E-state index in [1.165, 1.54) is 0 Å². The molecule has 2 atom stereocenters. The molecule has 160 valence electrons. The Bertz CT molecular complexity index is 913. The van der Waals surface area contributed by atoms with Gasteiger partial charge in [-0.1, -0.05) is 23.7 Å². The molecule has 1 aliphatic heterocycles. The van der Waals surface area contributed by atoms with Gasteiger partial charge in [0.05, 0.1) is 0 Å². The number of rotatable bonds is 7. The Kier molecular flexibility index (Phi) is 6.97. The SMILES string of the molecule is O=C(Cc1ccc(Cl)cc1)C[C@@H]1CNC(=O)CC1c1c(F)cc(OC(F)F)cc1F. The fraction of sp³-hybridized carbons (Fsp3) is 0.333. The molecule has 1 fully saturated rings. The van der Waals surface area contributed by atoms with Crippen LogP contribution in [-0.2, 0) is 16.0 Å². The third kappa shape index (κ3) is 5.50. The third-order valence-electron chi connectivity index (χ3n) is 4.99. The summed E-state index contributed by atoms with van der Waals surface area (Å²) in [6.07, 6.45) is -0.121. The number of benzene rings is 2. The van der Waals surface area contributed by atoms with Crippen LogP contribution in [-0.4, -0.2) is 24.8 Å². The molecule has 1 saturated heterocycles. The van der Waals surface area contributed by atoms with Crippen LogP contribution in [0.4, 0.5) is 17.6 Å². The van der Waals surface area contributed by atoms with E-state index in [0.29, 0.717) is 17.2 Å². The molecular formula is C21H18ClF4NO3. The molecule has 0 saturated carbocycles. The number of hydrogen-bond acceptors (Lipinski definition) is 3. The molecular weight excluding hydrogens is 426 g/mol. The Balaban J connectivity index is 1.80. The number of nitrogens with one attached hydrogen (secondary N) is 1. The van der Waals surface area contributed by atoms with Crippen LogP contribution >= 0.6 is 11.6 Å². The van der Waals surface area contributed by atoms with Crippen molar-refractivity contribution < 1.29 is 31.9 Å². The number of carbonyl (C=O) groups excluding carboxylic acids is 2. The number of Topliss-reactive ketones (excluding diaryl/α,β-unsaturated/α-hetero) is 1. The second kappa shape index (κ2) is 9.47. The Morgan fingerprint density at radius 3 is 2.40 bits per heavy atom. The molecule has 2 aromatic rings. The highest BCUT2D eigenvalue weighted by Crippen LogP contribution is 2.38. The number of amides is 1.